The lowest BCUT2D eigenvalue weighted by atomic mass is 10.1. The Kier molecular flexibility index (Phi) is 8.26. The van der Waals surface area contributed by atoms with Gasteiger partial charge < -0.3 is 5.32 Å². The SMILES string of the molecule is CC(C)CNC(=O)c1ccc2c(=O)n(CCc3ccccc3)c(SCc3ccc(Cl)cc3)nc2c1. The van der Waals surface area contributed by atoms with Crippen LogP contribution in [0.5, 0.6) is 0 Å². The van der Waals surface area contributed by atoms with Crippen molar-refractivity contribution in [2.24, 2.45) is 5.92 Å². The van der Waals surface area contributed by atoms with Crippen molar-refractivity contribution >= 4 is 40.2 Å². The van der Waals surface area contributed by atoms with Crippen molar-refractivity contribution in [1.82, 2.24) is 14.9 Å². The van der Waals surface area contributed by atoms with E-state index in [-0.39, 0.29) is 11.5 Å². The molecule has 0 saturated heterocycles. The number of thioether (sulfide) groups is 1. The van der Waals surface area contributed by atoms with E-state index in [1.807, 2.05) is 56.3 Å². The summed E-state index contributed by atoms with van der Waals surface area (Å²) in [5.74, 6) is 0.839. The summed E-state index contributed by atoms with van der Waals surface area (Å²) in [6.07, 6.45) is 0.720. The number of halogens is 1. The molecule has 0 aliphatic heterocycles. The van der Waals surface area contributed by atoms with Gasteiger partial charge in [-0.2, -0.15) is 0 Å². The minimum absolute atomic E-state index is 0.0984. The largest absolute Gasteiger partial charge is 0.352 e. The second-order valence-electron chi connectivity index (χ2n) is 8.84. The molecule has 180 valence electrons. The molecule has 0 radical (unpaired) electrons. The molecular weight excluding hydrogens is 478 g/mol. The van der Waals surface area contributed by atoms with E-state index in [9.17, 15) is 9.59 Å². The van der Waals surface area contributed by atoms with Crippen LogP contribution >= 0.6 is 23.4 Å². The predicted molar refractivity (Wildman–Crippen MR) is 144 cm³/mol. The quantitative estimate of drug-likeness (QED) is 0.225. The van der Waals surface area contributed by atoms with E-state index >= 15 is 0 Å². The third kappa shape index (κ3) is 6.53. The Bertz CT molecular complexity index is 1370. The fourth-order valence-corrected chi connectivity index (χ4v) is 4.77. The Labute approximate surface area is 214 Å². The van der Waals surface area contributed by atoms with E-state index in [0.29, 0.717) is 51.4 Å². The third-order valence-electron chi connectivity index (χ3n) is 5.60. The van der Waals surface area contributed by atoms with Gasteiger partial charge in [-0.15, -0.1) is 0 Å². The second kappa shape index (κ2) is 11.6. The van der Waals surface area contributed by atoms with Crippen LogP contribution in [0.4, 0.5) is 0 Å². The Balaban J connectivity index is 1.68. The molecule has 4 aromatic rings. The molecule has 1 amide bonds. The summed E-state index contributed by atoms with van der Waals surface area (Å²) in [4.78, 5) is 30.9. The van der Waals surface area contributed by atoms with Gasteiger partial charge in [-0.25, -0.2) is 4.98 Å². The molecule has 0 spiro atoms. The number of hydrogen-bond donors (Lipinski definition) is 1. The van der Waals surface area contributed by atoms with Crippen LogP contribution in [0.2, 0.25) is 5.02 Å². The molecule has 0 atom stereocenters. The lowest BCUT2D eigenvalue weighted by Crippen LogP contribution is -2.28. The van der Waals surface area contributed by atoms with Crippen LogP contribution in [0.1, 0.15) is 35.3 Å². The molecule has 0 unspecified atom stereocenters. The maximum Gasteiger partial charge on any atom is 0.262 e. The van der Waals surface area contributed by atoms with E-state index in [0.717, 1.165) is 17.5 Å². The molecule has 5 nitrogen and oxygen atoms in total. The molecule has 0 saturated carbocycles. The van der Waals surface area contributed by atoms with Gasteiger partial charge in [0.25, 0.3) is 11.5 Å². The topological polar surface area (TPSA) is 64.0 Å². The van der Waals surface area contributed by atoms with Crippen molar-refractivity contribution in [2.45, 2.75) is 37.7 Å². The molecule has 1 heterocycles. The molecule has 0 bridgehead atoms. The zero-order valence-corrected chi connectivity index (χ0v) is 21.4. The second-order valence-corrected chi connectivity index (χ2v) is 10.2. The molecule has 0 fully saturated rings. The molecule has 1 aromatic heterocycles. The van der Waals surface area contributed by atoms with Gasteiger partial charge in [0.1, 0.15) is 0 Å². The number of carbonyl (C=O) groups excluding carboxylic acids is 1. The molecule has 0 aliphatic carbocycles. The smallest absolute Gasteiger partial charge is 0.262 e. The standard InChI is InChI=1S/C28H28ClN3O2S/c1-19(2)17-30-26(33)22-10-13-24-25(16-22)31-28(35-18-21-8-11-23(29)12-9-21)32(27(24)34)15-14-20-6-4-3-5-7-20/h3-13,16,19H,14-15,17-18H2,1-2H3,(H,30,33). The number of nitrogens with one attached hydrogen (secondary N) is 1. The van der Waals surface area contributed by atoms with E-state index in [1.54, 1.807) is 22.8 Å². The van der Waals surface area contributed by atoms with Gasteiger partial charge in [0, 0.05) is 29.4 Å². The Morgan fingerprint density at radius 1 is 1.03 bits per heavy atom. The summed E-state index contributed by atoms with van der Waals surface area (Å²) in [7, 11) is 0. The number of benzene rings is 3. The summed E-state index contributed by atoms with van der Waals surface area (Å²) in [5, 5.41) is 4.75. The first-order valence-electron chi connectivity index (χ1n) is 11.6. The lowest BCUT2D eigenvalue weighted by Gasteiger charge is -2.14. The minimum atomic E-state index is -0.161. The summed E-state index contributed by atoms with van der Waals surface area (Å²) in [6, 6.07) is 22.9. The highest BCUT2D eigenvalue weighted by Crippen LogP contribution is 2.24. The zero-order valence-electron chi connectivity index (χ0n) is 19.8. The Hall–Kier alpha value is -3.09. The van der Waals surface area contributed by atoms with Crippen LogP contribution in [0.15, 0.2) is 82.7 Å². The van der Waals surface area contributed by atoms with E-state index in [2.05, 4.69) is 17.4 Å². The minimum Gasteiger partial charge on any atom is -0.352 e. The average Bonchev–Trinajstić information content (AvgIpc) is 2.86. The first-order valence-corrected chi connectivity index (χ1v) is 13.0. The van der Waals surface area contributed by atoms with Crippen LogP contribution in [-0.2, 0) is 18.7 Å². The van der Waals surface area contributed by atoms with Crippen molar-refractivity contribution in [1.29, 1.82) is 0 Å². The number of nitrogens with zero attached hydrogens (tertiary/aromatic N) is 2. The van der Waals surface area contributed by atoms with Crippen LogP contribution in [0.3, 0.4) is 0 Å². The van der Waals surface area contributed by atoms with Gasteiger partial charge in [-0.1, -0.05) is 79.7 Å². The van der Waals surface area contributed by atoms with Gasteiger partial charge >= 0.3 is 0 Å². The van der Waals surface area contributed by atoms with Gasteiger partial charge in [-0.05, 0) is 53.8 Å². The first-order chi connectivity index (χ1) is 16.9. The average molecular weight is 506 g/mol. The number of aromatic nitrogens is 2. The van der Waals surface area contributed by atoms with Crippen LogP contribution < -0.4 is 10.9 Å². The molecule has 7 heteroatoms. The summed E-state index contributed by atoms with van der Waals surface area (Å²) >= 11 is 7.53. The number of carbonyl (C=O) groups is 1. The molecule has 3 aromatic carbocycles. The molecule has 4 rings (SSSR count). The monoisotopic (exact) mass is 505 g/mol. The Morgan fingerprint density at radius 3 is 2.49 bits per heavy atom. The van der Waals surface area contributed by atoms with Crippen LogP contribution in [0.25, 0.3) is 10.9 Å². The van der Waals surface area contributed by atoms with Crippen molar-refractivity contribution in [2.75, 3.05) is 6.54 Å². The van der Waals surface area contributed by atoms with Crippen LogP contribution in [-0.4, -0.2) is 22.0 Å². The highest BCUT2D eigenvalue weighted by Gasteiger charge is 2.15. The van der Waals surface area contributed by atoms with Crippen LogP contribution in [0, 0.1) is 5.92 Å². The molecule has 1 N–H and O–H groups in total. The first kappa shape index (κ1) is 25.0. The van der Waals surface area contributed by atoms with Gasteiger partial charge in [0.2, 0.25) is 0 Å². The fourth-order valence-electron chi connectivity index (χ4n) is 3.66. The van der Waals surface area contributed by atoms with Crippen molar-refractivity contribution in [3.8, 4) is 0 Å². The number of fused-ring (bicyclic) bond motifs is 1. The summed E-state index contributed by atoms with van der Waals surface area (Å²) < 4.78 is 1.74. The summed E-state index contributed by atoms with van der Waals surface area (Å²) in [6.45, 7) is 5.20. The van der Waals surface area contributed by atoms with E-state index < -0.39 is 0 Å². The Morgan fingerprint density at radius 2 is 1.77 bits per heavy atom. The molecular formula is C28H28ClN3O2S. The normalized spacial score (nSPS) is 11.2. The van der Waals surface area contributed by atoms with Crippen molar-refractivity contribution in [3.63, 3.8) is 0 Å². The molecule has 35 heavy (non-hydrogen) atoms. The number of amides is 1. The van der Waals surface area contributed by atoms with Gasteiger partial charge in [0.05, 0.1) is 10.9 Å². The number of aryl methyl sites for hydroxylation is 1. The highest BCUT2D eigenvalue weighted by molar-refractivity contribution is 7.98. The number of rotatable bonds is 9. The molecule has 0 aliphatic rings. The lowest BCUT2D eigenvalue weighted by molar-refractivity contribution is 0.0949. The van der Waals surface area contributed by atoms with Crippen molar-refractivity contribution < 1.29 is 4.79 Å². The fraction of sp³-hybridized carbons (Fsp3) is 0.250. The third-order valence-corrected chi connectivity index (χ3v) is 6.90. The van der Waals surface area contributed by atoms with E-state index in [1.165, 1.54) is 11.8 Å². The maximum absolute atomic E-state index is 13.5. The summed E-state index contributed by atoms with van der Waals surface area (Å²) in [5.41, 5.74) is 3.18. The zero-order chi connectivity index (χ0) is 24.8. The maximum atomic E-state index is 13.5. The highest BCUT2D eigenvalue weighted by atomic mass is 35.5. The van der Waals surface area contributed by atoms with Gasteiger partial charge in [0.15, 0.2) is 5.16 Å². The van der Waals surface area contributed by atoms with Gasteiger partial charge in [-0.3, -0.25) is 14.2 Å². The van der Waals surface area contributed by atoms with Crippen molar-refractivity contribution in [3.05, 3.63) is 105 Å². The predicted octanol–water partition coefficient (Wildman–Crippen LogP) is 5.97. The number of hydrogen-bond acceptors (Lipinski definition) is 4. The van der Waals surface area contributed by atoms with E-state index in [4.69, 9.17) is 16.6 Å².